The first-order valence-corrected chi connectivity index (χ1v) is 3.21. The van der Waals surface area contributed by atoms with Crippen molar-refractivity contribution in [1.29, 1.82) is 0 Å². The van der Waals surface area contributed by atoms with E-state index >= 15 is 0 Å². The Morgan fingerprint density at radius 3 is 2.45 bits per heavy atom. The van der Waals surface area contributed by atoms with Crippen molar-refractivity contribution in [1.82, 2.24) is 10.6 Å². The Hall–Kier alpha value is -1.10. The summed E-state index contributed by atoms with van der Waals surface area (Å²) in [4.78, 5) is 21.2. The zero-order valence-corrected chi connectivity index (χ0v) is 6.64. The van der Waals surface area contributed by atoms with Gasteiger partial charge in [-0.1, -0.05) is 0 Å². The van der Waals surface area contributed by atoms with Gasteiger partial charge >= 0.3 is 5.97 Å². The molecular weight excluding hydrogens is 148 g/mol. The van der Waals surface area contributed by atoms with Gasteiger partial charge < -0.3 is 10.1 Å². The van der Waals surface area contributed by atoms with Crippen LogP contribution >= 0.6 is 0 Å². The van der Waals surface area contributed by atoms with Crippen molar-refractivity contribution in [2.75, 3.05) is 20.8 Å². The predicted octanol–water partition coefficient (Wildman–Crippen LogP) is -1.16. The minimum Gasteiger partial charge on any atom is -0.449 e. The summed E-state index contributed by atoms with van der Waals surface area (Å²) in [6, 6.07) is 0. The van der Waals surface area contributed by atoms with E-state index in [9.17, 15) is 9.59 Å². The van der Waals surface area contributed by atoms with Gasteiger partial charge in [0.1, 0.15) is 13.2 Å². The second-order valence-electron chi connectivity index (χ2n) is 1.86. The third kappa shape index (κ3) is 5.35. The third-order valence-corrected chi connectivity index (χ3v) is 0.961. The van der Waals surface area contributed by atoms with Crippen LogP contribution in [0, 0.1) is 0 Å². The standard InChI is InChI=1S/C6H12N2O3/c1-7-4-11-6(10)3-5(9)8-2/h7H,3-4H2,1-2H3,(H,8,9). The Labute approximate surface area is 65.1 Å². The van der Waals surface area contributed by atoms with E-state index < -0.39 is 5.97 Å². The predicted molar refractivity (Wildman–Crippen MR) is 38.7 cm³/mol. The van der Waals surface area contributed by atoms with Crippen LogP contribution in [0.4, 0.5) is 0 Å². The zero-order chi connectivity index (χ0) is 8.69. The minimum absolute atomic E-state index is 0.135. The summed E-state index contributed by atoms with van der Waals surface area (Å²) in [5.74, 6) is -0.871. The van der Waals surface area contributed by atoms with Crippen LogP contribution in [-0.4, -0.2) is 32.7 Å². The lowest BCUT2D eigenvalue weighted by atomic mass is 10.4. The van der Waals surface area contributed by atoms with Gasteiger partial charge in [0.2, 0.25) is 5.91 Å². The number of amides is 1. The fraction of sp³-hybridized carbons (Fsp3) is 0.667. The lowest BCUT2D eigenvalue weighted by Crippen LogP contribution is -2.24. The second-order valence-corrected chi connectivity index (χ2v) is 1.86. The summed E-state index contributed by atoms with van der Waals surface area (Å²) in [6.07, 6.45) is -0.224. The smallest absolute Gasteiger partial charge is 0.316 e. The molecule has 0 aromatic carbocycles. The van der Waals surface area contributed by atoms with Crippen LogP contribution in [0.15, 0.2) is 0 Å². The number of hydrogen-bond acceptors (Lipinski definition) is 4. The first-order chi connectivity index (χ1) is 5.20. The van der Waals surface area contributed by atoms with Crippen LogP contribution in [0.3, 0.4) is 0 Å². The van der Waals surface area contributed by atoms with E-state index in [0.29, 0.717) is 0 Å². The molecule has 0 aromatic rings. The minimum atomic E-state index is -0.529. The van der Waals surface area contributed by atoms with Gasteiger partial charge in [-0.3, -0.25) is 14.9 Å². The summed E-state index contributed by atoms with van der Waals surface area (Å²) in [7, 11) is 3.11. The quantitative estimate of drug-likeness (QED) is 0.309. The highest BCUT2D eigenvalue weighted by molar-refractivity contribution is 5.94. The molecule has 0 rings (SSSR count). The van der Waals surface area contributed by atoms with E-state index in [1.54, 1.807) is 7.05 Å². The summed E-state index contributed by atoms with van der Waals surface area (Å²) < 4.78 is 4.55. The summed E-state index contributed by atoms with van der Waals surface area (Å²) in [5.41, 5.74) is 0. The van der Waals surface area contributed by atoms with E-state index in [1.807, 2.05) is 0 Å². The highest BCUT2D eigenvalue weighted by atomic mass is 16.5. The van der Waals surface area contributed by atoms with Crippen LogP contribution in [0.1, 0.15) is 6.42 Å². The van der Waals surface area contributed by atoms with Gasteiger partial charge in [-0.25, -0.2) is 0 Å². The van der Waals surface area contributed by atoms with Crippen molar-refractivity contribution in [2.24, 2.45) is 0 Å². The molecule has 0 saturated heterocycles. The highest BCUT2D eigenvalue weighted by Gasteiger charge is 2.07. The maximum Gasteiger partial charge on any atom is 0.316 e. The number of ether oxygens (including phenoxy) is 1. The van der Waals surface area contributed by atoms with E-state index in [1.165, 1.54) is 7.05 Å². The van der Waals surface area contributed by atoms with Gasteiger partial charge in [-0.15, -0.1) is 0 Å². The van der Waals surface area contributed by atoms with Crippen LogP contribution in [0.5, 0.6) is 0 Å². The zero-order valence-electron chi connectivity index (χ0n) is 6.64. The average molecular weight is 160 g/mol. The summed E-state index contributed by atoms with van der Waals surface area (Å²) >= 11 is 0. The largest absolute Gasteiger partial charge is 0.449 e. The number of hydrogen-bond donors (Lipinski definition) is 2. The average Bonchev–Trinajstić information content (AvgIpc) is 2.00. The lowest BCUT2D eigenvalue weighted by molar-refractivity contribution is -0.146. The Bertz CT molecular complexity index is 147. The van der Waals surface area contributed by atoms with Gasteiger partial charge in [-0.05, 0) is 7.05 Å². The normalized spacial score (nSPS) is 8.91. The SMILES string of the molecule is CNCOC(=O)CC(=O)NC. The van der Waals surface area contributed by atoms with E-state index in [4.69, 9.17) is 0 Å². The molecule has 5 nitrogen and oxygen atoms in total. The fourth-order valence-corrected chi connectivity index (χ4v) is 0.423. The van der Waals surface area contributed by atoms with Crippen LogP contribution in [0.25, 0.3) is 0 Å². The number of nitrogens with one attached hydrogen (secondary N) is 2. The molecule has 0 atom stereocenters. The van der Waals surface area contributed by atoms with E-state index in [2.05, 4.69) is 15.4 Å². The Balaban J connectivity index is 3.44. The molecule has 11 heavy (non-hydrogen) atoms. The van der Waals surface area contributed by atoms with Crippen LogP contribution in [0.2, 0.25) is 0 Å². The second kappa shape index (κ2) is 5.67. The number of carbonyl (C=O) groups excluding carboxylic acids is 2. The van der Waals surface area contributed by atoms with Crippen molar-refractivity contribution in [3.8, 4) is 0 Å². The summed E-state index contributed by atoms with van der Waals surface area (Å²) in [6.45, 7) is 0.135. The van der Waals surface area contributed by atoms with Gasteiger partial charge in [0.05, 0.1) is 0 Å². The number of esters is 1. The molecule has 0 radical (unpaired) electrons. The molecule has 1 amide bonds. The molecule has 0 unspecified atom stereocenters. The molecule has 0 aliphatic heterocycles. The van der Waals surface area contributed by atoms with Crippen molar-refractivity contribution in [2.45, 2.75) is 6.42 Å². The Kier molecular flexibility index (Phi) is 5.10. The molecule has 0 aliphatic rings. The highest BCUT2D eigenvalue weighted by Crippen LogP contribution is 1.83. The fourth-order valence-electron chi connectivity index (χ4n) is 0.423. The van der Waals surface area contributed by atoms with Crippen molar-refractivity contribution in [3.05, 3.63) is 0 Å². The Morgan fingerprint density at radius 1 is 1.36 bits per heavy atom. The molecule has 0 spiro atoms. The molecule has 0 heterocycles. The number of carbonyl (C=O) groups is 2. The van der Waals surface area contributed by atoms with Gasteiger partial charge in [0.15, 0.2) is 0 Å². The molecule has 64 valence electrons. The Morgan fingerprint density at radius 2 is 2.00 bits per heavy atom. The van der Waals surface area contributed by atoms with E-state index in [0.717, 1.165) is 0 Å². The maximum absolute atomic E-state index is 10.6. The number of rotatable bonds is 4. The molecule has 0 aliphatic carbocycles. The molecule has 0 bridgehead atoms. The topological polar surface area (TPSA) is 67.4 Å². The first-order valence-electron chi connectivity index (χ1n) is 3.21. The maximum atomic E-state index is 10.6. The van der Waals surface area contributed by atoms with Crippen molar-refractivity contribution < 1.29 is 14.3 Å². The van der Waals surface area contributed by atoms with Gasteiger partial charge in [0.25, 0.3) is 0 Å². The first kappa shape index (κ1) is 9.90. The van der Waals surface area contributed by atoms with Crippen molar-refractivity contribution in [3.63, 3.8) is 0 Å². The molecule has 0 saturated carbocycles. The lowest BCUT2D eigenvalue weighted by Gasteiger charge is -2.01. The van der Waals surface area contributed by atoms with Crippen LogP contribution < -0.4 is 10.6 Å². The molecule has 2 N–H and O–H groups in total. The van der Waals surface area contributed by atoms with Crippen LogP contribution in [-0.2, 0) is 14.3 Å². The monoisotopic (exact) mass is 160 g/mol. The third-order valence-electron chi connectivity index (χ3n) is 0.961. The molecular formula is C6H12N2O3. The molecule has 0 aromatic heterocycles. The van der Waals surface area contributed by atoms with Gasteiger partial charge in [0, 0.05) is 7.05 Å². The van der Waals surface area contributed by atoms with E-state index in [-0.39, 0.29) is 19.1 Å². The molecule has 5 heteroatoms. The summed E-state index contributed by atoms with van der Waals surface area (Å²) in [5, 5.41) is 4.93. The van der Waals surface area contributed by atoms with Gasteiger partial charge in [-0.2, -0.15) is 0 Å². The van der Waals surface area contributed by atoms with Crippen molar-refractivity contribution >= 4 is 11.9 Å². The molecule has 0 fully saturated rings.